The van der Waals surface area contributed by atoms with Gasteiger partial charge in [-0.3, -0.25) is 9.59 Å². The Morgan fingerprint density at radius 1 is 1.04 bits per heavy atom. The van der Waals surface area contributed by atoms with Gasteiger partial charge >= 0.3 is 6.36 Å². The van der Waals surface area contributed by atoms with Crippen molar-refractivity contribution in [2.75, 3.05) is 13.1 Å². The van der Waals surface area contributed by atoms with Crippen molar-refractivity contribution in [3.8, 4) is 5.75 Å². The summed E-state index contributed by atoms with van der Waals surface area (Å²) in [6, 6.07) is 20.3. The monoisotopic (exact) mass is 636 g/mol. The summed E-state index contributed by atoms with van der Waals surface area (Å²) < 4.78 is 47.4. The zero-order chi connectivity index (χ0) is 32.7. The molecule has 0 radical (unpaired) electrons. The van der Waals surface area contributed by atoms with E-state index in [0.717, 1.165) is 24.1 Å². The van der Waals surface area contributed by atoms with Crippen molar-refractivity contribution >= 4 is 11.8 Å². The fraction of sp³-hybridized carbons (Fsp3) is 0.324. The number of aliphatic hydroxyl groups is 1. The van der Waals surface area contributed by atoms with Crippen LogP contribution in [0.3, 0.4) is 0 Å². The molecule has 0 spiro atoms. The Morgan fingerprint density at radius 2 is 1.78 bits per heavy atom. The number of carbonyl (C=O) groups excluding carboxylic acids is 2. The maximum atomic E-state index is 13.5. The van der Waals surface area contributed by atoms with Crippen LogP contribution in [-0.4, -0.2) is 58.4 Å². The summed E-state index contributed by atoms with van der Waals surface area (Å²) in [4.78, 5) is 33.1. The second-order valence-electron chi connectivity index (χ2n) is 11.2. The van der Waals surface area contributed by atoms with Gasteiger partial charge < -0.3 is 29.8 Å². The first-order valence-corrected chi connectivity index (χ1v) is 15.0. The maximum absolute atomic E-state index is 13.5. The lowest BCUT2D eigenvalue weighted by Crippen LogP contribution is -2.48. The number of halogens is 3. The zero-order valence-corrected chi connectivity index (χ0v) is 25.2. The second-order valence-corrected chi connectivity index (χ2v) is 11.2. The van der Waals surface area contributed by atoms with Crippen molar-refractivity contribution in [3.05, 3.63) is 119 Å². The van der Waals surface area contributed by atoms with E-state index in [9.17, 15) is 27.9 Å². The highest BCUT2D eigenvalue weighted by molar-refractivity contribution is 6.00. The molecule has 9 nitrogen and oxygen atoms in total. The van der Waals surface area contributed by atoms with Gasteiger partial charge in [0.25, 0.3) is 11.8 Å². The van der Waals surface area contributed by atoms with E-state index in [2.05, 4.69) is 20.4 Å². The fourth-order valence-electron chi connectivity index (χ4n) is 5.51. The summed E-state index contributed by atoms with van der Waals surface area (Å²) in [5.74, 6) is -0.545. The molecule has 3 aromatic carbocycles. The van der Waals surface area contributed by atoms with E-state index in [4.69, 9.17) is 4.42 Å². The number of aliphatic hydroxyl groups excluding tert-OH is 1. The van der Waals surface area contributed by atoms with E-state index in [0.29, 0.717) is 30.0 Å². The summed E-state index contributed by atoms with van der Waals surface area (Å²) in [7, 11) is 0. The average Bonchev–Trinajstić information content (AvgIpc) is 3.69. The number of hydrogen-bond acceptors (Lipinski definition) is 7. The first-order chi connectivity index (χ1) is 22.1. The number of hydrogen-bond donors (Lipinski definition) is 3. The number of nitrogens with zero attached hydrogens (tertiary/aromatic N) is 2. The Labute approximate surface area is 264 Å². The van der Waals surface area contributed by atoms with Gasteiger partial charge in [-0.1, -0.05) is 48.5 Å². The Balaban J connectivity index is 1.25. The standard InChI is InChI=1S/C34H35F3N4O5/c1-22-21-45-32(39-22)29-14-7-15-41(29)33(44)26-12-6-11-25(18-26)31(43)40-28(17-23-8-3-2-4-9-23)30(42)20-38-19-24-10-5-13-27(16-24)46-34(35,36)37/h2-6,8-13,16,18,21,28-30,38,42H,7,14-15,17,19-20H2,1H3,(H,40,43)/t28-,29+,30-/m0/s1. The van der Waals surface area contributed by atoms with E-state index >= 15 is 0 Å². The second kappa shape index (κ2) is 14.6. The van der Waals surface area contributed by atoms with Crippen LogP contribution in [0.15, 0.2) is 89.5 Å². The number of nitrogens with one attached hydrogen (secondary N) is 2. The molecule has 4 aromatic rings. The van der Waals surface area contributed by atoms with E-state index in [1.807, 2.05) is 37.3 Å². The molecule has 1 aliphatic rings. The highest BCUT2D eigenvalue weighted by atomic mass is 19.4. The molecule has 1 saturated heterocycles. The molecule has 242 valence electrons. The van der Waals surface area contributed by atoms with Crippen molar-refractivity contribution in [2.45, 2.75) is 57.3 Å². The van der Waals surface area contributed by atoms with Crippen LogP contribution in [0, 0.1) is 6.92 Å². The third kappa shape index (κ3) is 8.73. The van der Waals surface area contributed by atoms with Crippen LogP contribution in [-0.2, 0) is 13.0 Å². The minimum absolute atomic E-state index is 0.0390. The third-order valence-corrected chi connectivity index (χ3v) is 7.70. The summed E-state index contributed by atoms with van der Waals surface area (Å²) in [5.41, 5.74) is 2.75. The van der Waals surface area contributed by atoms with Crippen LogP contribution in [0.1, 0.15) is 62.3 Å². The number of carbonyl (C=O) groups is 2. The highest BCUT2D eigenvalue weighted by Gasteiger charge is 2.34. The molecule has 0 saturated carbocycles. The van der Waals surface area contributed by atoms with Crippen LogP contribution in [0.25, 0.3) is 0 Å². The number of oxazole rings is 1. The summed E-state index contributed by atoms with van der Waals surface area (Å²) >= 11 is 0. The van der Waals surface area contributed by atoms with Gasteiger partial charge in [-0.15, -0.1) is 13.2 Å². The topological polar surface area (TPSA) is 117 Å². The lowest BCUT2D eigenvalue weighted by Gasteiger charge is -2.25. The minimum Gasteiger partial charge on any atom is -0.446 e. The molecule has 0 bridgehead atoms. The normalized spacial score (nSPS) is 16.2. The largest absolute Gasteiger partial charge is 0.573 e. The van der Waals surface area contributed by atoms with E-state index < -0.39 is 24.4 Å². The van der Waals surface area contributed by atoms with Gasteiger partial charge in [-0.05, 0) is 67.6 Å². The molecule has 3 atom stereocenters. The Hall–Kier alpha value is -4.68. The summed E-state index contributed by atoms with van der Waals surface area (Å²) in [6.07, 6.45) is -2.46. The molecule has 12 heteroatoms. The number of aryl methyl sites for hydroxylation is 1. The van der Waals surface area contributed by atoms with Gasteiger partial charge in [-0.2, -0.15) is 0 Å². The number of amides is 2. The smallest absolute Gasteiger partial charge is 0.446 e. The molecule has 0 aliphatic carbocycles. The molecule has 0 unspecified atom stereocenters. The Kier molecular flexibility index (Phi) is 10.4. The summed E-state index contributed by atoms with van der Waals surface area (Å²) in [6.45, 7) is 2.56. The Bertz CT molecular complexity index is 1630. The van der Waals surface area contributed by atoms with Crippen LogP contribution in [0.2, 0.25) is 0 Å². The van der Waals surface area contributed by atoms with Crippen LogP contribution in [0.5, 0.6) is 5.75 Å². The number of aromatic nitrogens is 1. The number of rotatable bonds is 12. The van der Waals surface area contributed by atoms with Crippen molar-refractivity contribution in [3.63, 3.8) is 0 Å². The van der Waals surface area contributed by atoms with Gasteiger partial charge in [-0.25, -0.2) is 4.98 Å². The highest BCUT2D eigenvalue weighted by Crippen LogP contribution is 2.33. The molecule has 3 N–H and O–H groups in total. The van der Waals surface area contributed by atoms with Crippen molar-refractivity contribution in [1.29, 1.82) is 0 Å². The Morgan fingerprint density at radius 3 is 2.52 bits per heavy atom. The fourth-order valence-corrected chi connectivity index (χ4v) is 5.51. The van der Waals surface area contributed by atoms with E-state index in [1.54, 1.807) is 35.4 Å². The van der Waals surface area contributed by atoms with Gasteiger partial charge in [0.05, 0.1) is 17.8 Å². The number of ether oxygens (including phenoxy) is 1. The minimum atomic E-state index is -4.80. The third-order valence-electron chi connectivity index (χ3n) is 7.70. The van der Waals surface area contributed by atoms with Gasteiger partial charge in [0.2, 0.25) is 5.89 Å². The van der Waals surface area contributed by atoms with Crippen LogP contribution >= 0.6 is 0 Å². The molecule has 5 rings (SSSR count). The predicted molar refractivity (Wildman–Crippen MR) is 163 cm³/mol. The van der Waals surface area contributed by atoms with Crippen molar-refractivity contribution in [2.24, 2.45) is 0 Å². The van der Waals surface area contributed by atoms with E-state index in [1.165, 1.54) is 24.3 Å². The average molecular weight is 637 g/mol. The molecule has 1 aromatic heterocycles. The number of alkyl halides is 3. The molecular weight excluding hydrogens is 601 g/mol. The van der Waals surface area contributed by atoms with Gasteiger partial charge in [0.15, 0.2) is 0 Å². The molecule has 2 heterocycles. The lowest BCUT2D eigenvalue weighted by molar-refractivity contribution is -0.274. The first kappa shape index (κ1) is 32.7. The van der Waals surface area contributed by atoms with Crippen LogP contribution in [0.4, 0.5) is 13.2 Å². The van der Waals surface area contributed by atoms with E-state index in [-0.39, 0.29) is 36.4 Å². The lowest BCUT2D eigenvalue weighted by atomic mass is 10.00. The first-order valence-electron chi connectivity index (χ1n) is 15.0. The van der Waals surface area contributed by atoms with Gasteiger partial charge in [0.1, 0.15) is 18.1 Å². The SMILES string of the molecule is Cc1coc([C@H]2CCCN2C(=O)c2cccc(C(=O)N[C@@H](Cc3ccccc3)[C@@H](O)CNCc3cccc(OC(F)(F)F)c3)c2)n1. The van der Waals surface area contributed by atoms with Crippen molar-refractivity contribution < 1.29 is 37.0 Å². The zero-order valence-electron chi connectivity index (χ0n) is 25.2. The molecule has 1 aliphatic heterocycles. The molecular formula is C34H35F3N4O5. The number of benzene rings is 3. The maximum Gasteiger partial charge on any atom is 0.573 e. The predicted octanol–water partition coefficient (Wildman–Crippen LogP) is 5.35. The van der Waals surface area contributed by atoms with Crippen molar-refractivity contribution in [1.82, 2.24) is 20.5 Å². The summed E-state index contributed by atoms with van der Waals surface area (Å²) in [5, 5.41) is 17.1. The quantitative estimate of drug-likeness (QED) is 0.192. The number of likely N-dealkylation sites (tertiary alicyclic amines) is 1. The van der Waals surface area contributed by atoms with Crippen LogP contribution < -0.4 is 15.4 Å². The molecule has 1 fully saturated rings. The molecule has 46 heavy (non-hydrogen) atoms. The molecule has 2 amide bonds. The van der Waals surface area contributed by atoms with Gasteiger partial charge in [0, 0.05) is 30.8 Å².